The summed E-state index contributed by atoms with van der Waals surface area (Å²) in [5, 5.41) is 7.92. The van der Waals surface area contributed by atoms with Crippen LogP contribution in [0.15, 0.2) is 0 Å². The summed E-state index contributed by atoms with van der Waals surface area (Å²) in [7, 11) is 1.95. The Morgan fingerprint density at radius 3 is 2.74 bits per heavy atom. The van der Waals surface area contributed by atoms with Crippen LogP contribution in [0.1, 0.15) is 38.8 Å². The molecule has 0 amide bonds. The molecule has 1 fully saturated rings. The Labute approximate surface area is 116 Å². The minimum Gasteiger partial charge on any atom is -0.394 e. The van der Waals surface area contributed by atoms with Crippen molar-refractivity contribution in [1.82, 2.24) is 14.7 Å². The van der Waals surface area contributed by atoms with Crippen molar-refractivity contribution < 1.29 is 0 Å². The van der Waals surface area contributed by atoms with Crippen molar-refractivity contribution in [3.05, 3.63) is 5.69 Å². The van der Waals surface area contributed by atoms with E-state index in [-0.39, 0.29) is 0 Å². The van der Waals surface area contributed by atoms with Crippen molar-refractivity contribution in [2.24, 2.45) is 7.05 Å². The Bertz CT molecular complexity index is 408. The first kappa shape index (κ1) is 14.2. The van der Waals surface area contributed by atoms with E-state index in [4.69, 9.17) is 5.73 Å². The molecular weight excluding hydrogens is 238 g/mol. The number of hydrogen-bond donors (Lipinski definition) is 2. The Balaban J connectivity index is 1.88. The molecule has 1 aliphatic rings. The molecule has 19 heavy (non-hydrogen) atoms. The highest BCUT2D eigenvalue weighted by Gasteiger charge is 2.27. The predicted molar refractivity (Wildman–Crippen MR) is 80.4 cm³/mol. The molecule has 1 aliphatic carbocycles. The monoisotopic (exact) mass is 265 g/mol. The lowest BCUT2D eigenvalue weighted by Crippen LogP contribution is -2.31. The van der Waals surface area contributed by atoms with E-state index in [0.717, 1.165) is 55.7 Å². The van der Waals surface area contributed by atoms with Crippen LogP contribution in [0.3, 0.4) is 0 Å². The van der Waals surface area contributed by atoms with Gasteiger partial charge >= 0.3 is 0 Å². The second-order valence-corrected chi connectivity index (χ2v) is 5.37. The predicted octanol–water partition coefficient (Wildman–Crippen LogP) is 1.85. The van der Waals surface area contributed by atoms with Crippen molar-refractivity contribution in [3.63, 3.8) is 0 Å². The van der Waals surface area contributed by atoms with Crippen LogP contribution in [-0.4, -0.2) is 40.4 Å². The van der Waals surface area contributed by atoms with Gasteiger partial charge in [-0.3, -0.25) is 9.58 Å². The number of aromatic nitrogens is 2. The number of anilines is 2. The lowest BCUT2D eigenvalue weighted by Gasteiger charge is -2.20. The number of rotatable bonds is 8. The fraction of sp³-hybridized carbons (Fsp3) is 0.786. The number of hydrogen-bond acceptors (Lipinski definition) is 4. The number of aryl methyl sites for hydroxylation is 2. The molecular formula is C14H27N5. The van der Waals surface area contributed by atoms with E-state index in [1.165, 1.54) is 12.8 Å². The summed E-state index contributed by atoms with van der Waals surface area (Å²) >= 11 is 0. The fourth-order valence-corrected chi connectivity index (χ4v) is 2.58. The third kappa shape index (κ3) is 3.41. The van der Waals surface area contributed by atoms with Gasteiger partial charge in [0.1, 0.15) is 5.82 Å². The quantitative estimate of drug-likeness (QED) is 0.753. The average molecular weight is 265 g/mol. The topological polar surface area (TPSA) is 59.1 Å². The minimum absolute atomic E-state index is 0.818. The van der Waals surface area contributed by atoms with Gasteiger partial charge in [-0.05, 0) is 25.8 Å². The summed E-state index contributed by atoms with van der Waals surface area (Å²) in [5.41, 5.74) is 7.99. The van der Waals surface area contributed by atoms with E-state index in [9.17, 15) is 0 Å². The first-order valence-electron chi connectivity index (χ1n) is 7.46. The van der Waals surface area contributed by atoms with E-state index in [1.807, 2.05) is 11.7 Å². The van der Waals surface area contributed by atoms with E-state index >= 15 is 0 Å². The third-order valence-electron chi connectivity index (χ3n) is 3.81. The zero-order chi connectivity index (χ0) is 13.8. The molecule has 0 aliphatic heterocycles. The molecule has 0 bridgehead atoms. The molecule has 3 N–H and O–H groups in total. The number of nitrogens with one attached hydrogen (secondary N) is 1. The molecule has 1 aromatic heterocycles. The maximum atomic E-state index is 6.15. The SMILES string of the molecule is CCCc1nn(C)c(NCCN(CC)C2CC2)c1N. The molecule has 0 unspecified atom stereocenters. The van der Waals surface area contributed by atoms with E-state index in [1.54, 1.807) is 0 Å². The number of nitrogens with two attached hydrogens (primary N) is 1. The standard InChI is InChI=1S/C14H27N5/c1-4-6-12-13(15)14(18(3)17-12)16-9-10-19(5-2)11-7-8-11/h11,16H,4-10,15H2,1-3H3. The van der Waals surface area contributed by atoms with Gasteiger partial charge in [-0.15, -0.1) is 0 Å². The van der Waals surface area contributed by atoms with Gasteiger partial charge in [0, 0.05) is 26.2 Å². The molecule has 0 spiro atoms. The maximum Gasteiger partial charge on any atom is 0.147 e. The Morgan fingerprint density at radius 2 is 2.16 bits per heavy atom. The van der Waals surface area contributed by atoms with Crippen LogP contribution in [0.2, 0.25) is 0 Å². The van der Waals surface area contributed by atoms with Gasteiger partial charge in [0.15, 0.2) is 0 Å². The molecule has 108 valence electrons. The second-order valence-electron chi connectivity index (χ2n) is 5.37. The van der Waals surface area contributed by atoms with Crippen molar-refractivity contribution in [2.45, 2.75) is 45.6 Å². The molecule has 0 radical (unpaired) electrons. The third-order valence-corrected chi connectivity index (χ3v) is 3.81. The minimum atomic E-state index is 0.818. The summed E-state index contributed by atoms with van der Waals surface area (Å²) in [6, 6.07) is 0.825. The Hall–Kier alpha value is -1.23. The summed E-state index contributed by atoms with van der Waals surface area (Å²) < 4.78 is 1.87. The largest absolute Gasteiger partial charge is 0.394 e. The molecule has 1 aromatic rings. The van der Waals surface area contributed by atoms with Gasteiger partial charge in [0.05, 0.1) is 11.4 Å². The molecule has 0 saturated heterocycles. The van der Waals surface area contributed by atoms with Crippen LogP contribution in [0.25, 0.3) is 0 Å². The van der Waals surface area contributed by atoms with Crippen molar-refractivity contribution >= 4 is 11.5 Å². The summed E-state index contributed by atoms with van der Waals surface area (Å²) in [5.74, 6) is 0.968. The van der Waals surface area contributed by atoms with Crippen LogP contribution >= 0.6 is 0 Å². The highest BCUT2D eigenvalue weighted by atomic mass is 15.3. The van der Waals surface area contributed by atoms with Gasteiger partial charge in [0.2, 0.25) is 0 Å². The number of likely N-dealkylation sites (N-methyl/N-ethyl adjacent to an activating group) is 1. The van der Waals surface area contributed by atoms with Crippen molar-refractivity contribution in [1.29, 1.82) is 0 Å². The van der Waals surface area contributed by atoms with Gasteiger partial charge in [-0.1, -0.05) is 20.3 Å². The molecule has 0 aromatic carbocycles. The summed E-state index contributed by atoms with van der Waals surface area (Å²) in [6.45, 7) is 7.52. The normalized spacial score (nSPS) is 15.2. The lowest BCUT2D eigenvalue weighted by atomic mass is 10.2. The molecule has 5 nitrogen and oxygen atoms in total. The molecule has 2 rings (SSSR count). The molecule has 1 saturated carbocycles. The van der Waals surface area contributed by atoms with Crippen molar-refractivity contribution in [2.75, 3.05) is 30.7 Å². The highest BCUT2D eigenvalue weighted by Crippen LogP contribution is 2.26. The van der Waals surface area contributed by atoms with Crippen LogP contribution in [0.5, 0.6) is 0 Å². The first-order valence-corrected chi connectivity index (χ1v) is 7.46. The number of nitrogens with zero attached hydrogens (tertiary/aromatic N) is 3. The molecule has 1 heterocycles. The average Bonchev–Trinajstić information content (AvgIpc) is 3.18. The molecule has 5 heteroatoms. The van der Waals surface area contributed by atoms with Crippen LogP contribution in [-0.2, 0) is 13.5 Å². The van der Waals surface area contributed by atoms with E-state index in [0.29, 0.717) is 0 Å². The summed E-state index contributed by atoms with van der Waals surface area (Å²) in [6.07, 6.45) is 4.75. The Morgan fingerprint density at radius 1 is 1.42 bits per heavy atom. The van der Waals surface area contributed by atoms with E-state index in [2.05, 4.69) is 29.2 Å². The zero-order valence-electron chi connectivity index (χ0n) is 12.4. The smallest absolute Gasteiger partial charge is 0.147 e. The van der Waals surface area contributed by atoms with Crippen LogP contribution < -0.4 is 11.1 Å². The highest BCUT2D eigenvalue weighted by molar-refractivity contribution is 5.65. The van der Waals surface area contributed by atoms with Crippen LogP contribution in [0, 0.1) is 0 Å². The Kier molecular flexibility index (Phi) is 4.69. The molecule has 0 atom stereocenters. The van der Waals surface area contributed by atoms with Gasteiger partial charge in [-0.2, -0.15) is 5.10 Å². The lowest BCUT2D eigenvalue weighted by molar-refractivity contribution is 0.289. The fourth-order valence-electron chi connectivity index (χ4n) is 2.58. The summed E-state index contributed by atoms with van der Waals surface area (Å²) in [4.78, 5) is 2.53. The number of nitrogen functional groups attached to an aromatic ring is 1. The van der Waals surface area contributed by atoms with Gasteiger partial charge in [-0.25, -0.2) is 0 Å². The van der Waals surface area contributed by atoms with Crippen molar-refractivity contribution in [3.8, 4) is 0 Å². The van der Waals surface area contributed by atoms with E-state index < -0.39 is 0 Å². The first-order chi connectivity index (χ1) is 9.17. The maximum absolute atomic E-state index is 6.15. The zero-order valence-corrected chi connectivity index (χ0v) is 12.4. The van der Waals surface area contributed by atoms with Crippen LogP contribution in [0.4, 0.5) is 11.5 Å². The van der Waals surface area contributed by atoms with Gasteiger partial charge in [0.25, 0.3) is 0 Å². The van der Waals surface area contributed by atoms with Gasteiger partial charge < -0.3 is 11.1 Å². The second kappa shape index (κ2) is 6.28.